The molecule has 2 rings (SSSR count). The van der Waals surface area contributed by atoms with Crippen LogP contribution in [0.1, 0.15) is 25.5 Å². The SMILES string of the molecule is CC(NC(=O)CN1CCN[C@H](C)C1)c1ccccc1. The summed E-state index contributed by atoms with van der Waals surface area (Å²) in [7, 11) is 0. The van der Waals surface area contributed by atoms with Gasteiger partial charge in [-0.25, -0.2) is 0 Å². The van der Waals surface area contributed by atoms with Gasteiger partial charge < -0.3 is 10.6 Å². The summed E-state index contributed by atoms with van der Waals surface area (Å²) in [5.41, 5.74) is 1.14. The van der Waals surface area contributed by atoms with E-state index >= 15 is 0 Å². The number of hydrogen-bond acceptors (Lipinski definition) is 3. The zero-order chi connectivity index (χ0) is 13.7. The smallest absolute Gasteiger partial charge is 0.234 e. The minimum atomic E-state index is 0.0639. The molecule has 1 heterocycles. The molecule has 4 heteroatoms. The number of piperazine rings is 1. The third-order valence-corrected chi connectivity index (χ3v) is 3.50. The lowest BCUT2D eigenvalue weighted by Crippen LogP contribution is -2.51. The first kappa shape index (κ1) is 14.0. The summed E-state index contributed by atoms with van der Waals surface area (Å²) in [4.78, 5) is 14.2. The van der Waals surface area contributed by atoms with E-state index in [1.165, 1.54) is 0 Å². The maximum absolute atomic E-state index is 12.0. The summed E-state index contributed by atoms with van der Waals surface area (Å²) in [5.74, 6) is 0.102. The Morgan fingerprint density at radius 1 is 1.47 bits per heavy atom. The Hall–Kier alpha value is -1.39. The molecule has 0 bridgehead atoms. The van der Waals surface area contributed by atoms with Crippen molar-refractivity contribution in [1.29, 1.82) is 0 Å². The molecule has 1 aromatic rings. The summed E-state index contributed by atoms with van der Waals surface area (Å²) in [6.45, 7) is 7.50. The molecule has 1 aliphatic heterocycles. The van der Waals surface area contributed by atoms with Crippen molar-refractivity contribution in [2.24, 2.45) is 0 Å². The van der Waals surface area contributed by atoms with Crippen LogP contribution in [0.5, 0.6) is 0 Å². The average molecular weight is 261 g/mol. The van der Waals surface area contributed by atoms with Gasteiger partial charge in [0, 0.05) is 25.7 Å². The monoisotopic (exact) mass is 261 g/mol. The van der Waals surface area contributed by atoms with E-state index in [0.29, 0.717) is 12.6 Å². The Kier molecular flexibility index (Phi) is 4.93. The molecule has 4 nitrogen and oxygen atoms in total. The summed E-state index contributed by atoms with van der Waals surface area (Å²) in [6.07, 6.45) is 0. The molecule has 1 fully saturated rings. The van der Waals surface area contributed by atoms with Gasteiger partial charge in [0.05, 0.1) is 12.6 Å². The van der Waals surface area contributed by atoms with Gasteiger partial charge in [0.15, 0.2) is 0 Å². The molecule has 1 amide bonds. The highest BCUT2D eigenvalue weighted by Crippen LogP contribution is 2.10. The molecular weight excluding hydrogens is 238 g/mol. The first-order valence-electron chi connectivity index (χ1n) is 6.95. The van der Waals surface area contributed by atoms with Gasteiger partial charge in [-0.3, -0.25) is 9.69 Å². The van der Waals surface area contributed by atoms with E-state index in [1.54, 1.807) is 0 Å². The van der Waals surface area contributed by atoms with Crippen LogP contribution >= 0.6 is 0 Å². The molecule has 1 aliphatic rings. The van der Waals surface area contributed by atoms with Crippen LogP contribution in [-0.2, 0) is 4.79 Å². The second-order valence-electron chi connectivity index (χ2n) is 5.29. The Morgan fingerprint density at radius 3 is 2.89 bits per heavy atom. The van der Waals surface area contributed by atoms with Crippen molar-refractivity contribution in [1.82, 2.24) is 15.5 Å². The van der Waals surface area contributed by atoms with Crippen molar-refractivity contribution in [3.05, 3.63) is 35.9 Å². The van der Waals surface area contributed by atoms with Gasteiger partial charge in [-0.15, -0.1) is 0 Å². The van der Waals surface area contributed by atoms with E-state index in [0.717, 1.165) is 25.2 Å². The third-order valence-electron chi connectivity index (χ3n) is 3.50. The highest BCUT2D eigenvalue weighted by atomic mass is 16.2. The van der Waals surface area contributed by atoms with E-state index in [2.05, 4.69) is 22.5 Å². The summed E-state index contributed by atoms with van der Waals surface area (Å²) in [6, 6.07) is 10.6. The van der Waals surface area contributed by atoms with Gasteiger partial charge in [-0.05, 0) is 19.4 Å². The molecule has 0 saturated carbocycles. The number of amides is 1. The van der Waals surface area contributed by atoms with E-state index in [4.69, 9.17) is 0 Å². The first-order valence-corrected chi connectivity index (χ1v) is 6.95. The lowest BCUT2D eigenvalue weighted by molar-refractivity contribution is -0.123. The fourth-order valence-electron chi connectivity index (χ4n) is 2.47. The van der Waals surface area contributed by atoms with Crippen molar-refractivity contribution < 1.29 is 4.79 Å². The highest BCUT2D eigenvalue weighted by molar-refractivity contribution is 5.78. The van der Waals surface area contributed by atoms with Crippen LogP contribution in [0, 0.1) is 0 Å². The number of benzene rings is 1. The molecule has 1 aromatic carbocycles. The van der Waals surface area contributed by atoms with Crippen molar-refractivity contribution in [3.63, 3.8) is 0 Å². The van der Waals surface area contributed by atoms with E-state index in [1.807, 2.05) is 37.3 Å². The minimum absolute atomic E-state index is 0.0639. The second-order valence-corrected chi connectivity index (χ2v) is 5.29. The van der Waals surface area contributed by atoms with Gasteiger partial charge >= 0.3 is 0 Å². The van der Waals surface area contributed by atoms with Crippen molar-refractivity contribution in [3.8, 4) is 0 Å². The maximum atomic E-state index is 12.0. The van der Waals surface area contributed by atoms with Crippen molar-refractivity contribution in [2.45, 2.75) is 25.9 Å². The average Bonchev–Trinajstić information content (AvgIpc) is 2.39. The van der Waals surface area contributed by atoms with Crippen LogP contribution in [0.4, 0.5) is 0 Å². The Balaban J connectivity index is 1.81. The molecule has 1 unspecified atom stereocenters. The van der Waals surface area contributed by atoms with Gasteiger partial charge in [0.25, 0.3) is 0 Å². The predicted octanol–water partition coefficient (Wildman–Crippen LogP) is 1.16. The van der Waals surface area contributed by atoms with Crippen LogP contribution < -0.4 is 10.6 Å². The molecule has 0 spiro atoms. The number of nitrogens with zero attached hydrogens (tertiary/aromatic N) is 1. The van der Waals surface area contributed by atoms with Crippen LogP contribution in [0.2, 0.25) is 0 Å². The molecule has 19 heavy (non-hydrogen) atoms. The summed E-state index contributed by atoms with van der Waals surface area (Å²) < 4.78 is 0. The lowest BCUT2D eigenvalue weighted by Gasteiger charge is -2.31. The fourth-order valence-corrected chi connectivity index (χ4v) is 2.47. The Morgan fingerprint density at radius 2 is 2.21 bits per heavy atom. The molecule has 2 N–H and O–H groups in total. The molecule has 104 valence electrons. The zero-order valence-electron chi connectivity index (χ0n) is 11.7. The molecule has 0 aromatic heterocycles. The molecular formula is C15H23N3O. The van der Waals surface area contributed by atoms with E-state index in [-0.39, 0.29) is 11.9 Å². The van der Waals surface area contributed by atoms with E-state index in [9.17, 15) is 4.79 Å². The number of carbonyl (C=O) groups is 1. The number of rotatable bonds is 4. The number of hydrogen-bond donors (Lipinski definition) is 2. The number of carbonyl (C=O) groups excluding carboxylic acids is 1. The lowest BCUT2D eigenvalue weighted by atomic mass is 10.1. The Labute approximate surface area is 115 Å². The normalized spacial score (nSPS) is 21.9. The minimum Gasteiger partial charge on any atom is -0.348 e. The van der Waals surface area contributed by atoms with Gasteiger partial charge in [0.1, 0.15) is 0 Å². The quantitative estimate of drug-likeness (QED) is 0.855. The Bertz CT molecular complexity index is 407. The number of nitrogens with one attached hydrogen (secondary N) is 2. The van der Waals surface area contributed by atoms with Crippen LogP contribution in [0.25, 0.3) is 0 Å². The first-order chi connectivity index (χ1) is 9.15. The van der Waals surface area contributed by atoms with Crippen LogP contribution in [-0.4, -0.2) is 43.0 Å². The fraction of sp³-hybridized carbons (Fsp3) is 0.533. The van der Waals surface area contributed by atoms with Gasteiger partial charge in [0.2, 0.25) is 5.91 Å². The standard InChI is InChI=1S/C15H23N3O/c1-12-10-18(9-8-16-12)11-15(19)17-13(2)14-6-4-3-5-7-14/h3-7,12-13,16H,8-11H2,1-2H3,(H,17,19)/t12-,13?/m1/s1. The van der Waals surface area contributed by atoms with Crippen molar-refractivity contribution >= 4 is 5.91 Å². The molecule has 0 radical (unpaired) electrons. The third kappa shape index (κ3) is 4.33. The summed E-state index contributed by atoms with van der Waals surface area (Å²) in [5, 5.41) is 6.44. The predicted molar refractivity (Wildman–Crippen MR) is 76.9 cm³/mol. The molecule has 1 saturated heterocycles. The highest BCUT2D eigenvalue weighted by Gasteiger charge is 2.18. The van der Waals surface area contributed by atoms with Gasteiger partial charge in [-0.2, -0.15) is 0 Å². The van der Waals surface area contributed by atoms with E-state index < -0.39 is 0 Å². The largest absolute Gasteiger partial charge is 0.348 e. The van der Waals surface area contributed by atoms with Gasteiger partial charge in [-0.1, -0.05) is 30.3 Å². The molecule has 0 aliphatic carbocycles. The molecule has 2 atom stereocenters. The maximum Gasteiger partial charge on any atom is 0.234 e. The van der Waals surface area contributed by atoms with Crippen molar-refractivity contribution in [2.75, 3.05) is 26.2 Å². The second kappa shape index (κ2) is 6.68. The van der Waals surface area contributed by atoms with Crippen LogP contribution in [0.3, 0.4) is 0 Å². The van der Waals surface area contributed by atoms with Crippen LogP contribution in [0.15, 0.2) is 30.3 Å². The topological polar surface area (TPSA) is 44.4 Å². The summed E-state index contributed by atoms with van der Waals surface area (Å²) >= 11 is 0. The zero-order valence-corrected chi connectivity index (χ0v) is 11.7.